The van der Waals surface area contributed by atoms with Crippen LogP contribution in [-0.2, 0) is 6.42 Å². The molecule has 0 aliphatic rings. The number of carbonyl (C=O) groups excluding carboxylic acids is 1. The van der Waals surface area contributed by atoms with E-state index in [-0.39, 0.29) is 5.78 Å². The summed E-state index contributed by atoms with van der Waals surface area (Å²) >= 11 is 1.50. The van der Waals surface area contributed by atoms with Crippen molar-refractivity contribution < 1.29 is 4.79 Å². The number of hydrogen-bond donors (Lipinski definition) is 0. The second-order valence-electron chi connectivity index (χ2n) is 3.26. The fourth-order valence-corrected chi connectivity index (χ4v) is 2.06. The topological polar surface area (TPSA) is 30.0 Å². The summed E-state index contributed by atoms with van der Waals surface area (Å²) in [5.74, 6) is 0.217. The molecular formula is C12H11NOS. The van der Waals surface area contributed by atoms with Crippen LogP contribution in [0.3, 0.4) is 0 Å². The van der Waals surface area contributed by atoms with Gasteiger partial charge in [0, 0.05) is 18.8 Å². The lowest BCUT2D eigenvalue weighted by Gasteiger charge is -1.98. The number of carbonyl (C=O) groups is 1. The number of pyridine rings is 1. The summed E-state index contributed by atoms with van der Waals surface area (Å²) in [6.45, 7) is 0. The van der Waals surface area contributed by atoms with Crippen molar-refractivity contribution in [1.82, 2.24) is 4.98 Å². The zero-order valence-corrected chi connectivity index (χ0v) is 9.04. The van der Waals surface area contributed by atoms with Gasteiger partial charge in [-0.1, -0.05) is 12.1 Å². The highest BCUT2D eigenvalue weighted by atomic mass is 32.1. The summed E-state index contributed by atoms with van der Waals surface area (Å²) < 4.78 is 0. The summed E-state index contributed by atoms with van der Waals surface area (Å²) in [5.41, 5.74) is 1.11. The lowest BCUT2D eigenvalue weighted by Crippen LogP contribution is -1.98. The minimum absolute atomic E-state index is 0.217. The van der Waals surface area contributed by atoms with Gasteiger partial charge in [0.25, 0.3) is 0 Å². The maximum Gasteiger partial charge on any atom is 0.173 e. The van der Waals surface area contributed by atoms with Crippen molar-refractivity contribution in [2.45, 2.75) is 12.8 Å². The zero-order chi connectivity index (χ0) is 10.5. The van der Waals surface area contributed by atoms with Crippen LogP contribution in [0.25, 0.3) is 0 Å². The smallest absolute Gasteiger partial charge is 0.173 e. The first-order valence-electron chi connectivity index (χ1n) is 4.82. The van der Waals surface area contributed by atoms with Gasteiger partial charge in [-0.15, -0.1) is 11.3 Å². The number of rotatable bonds is 4. The molecule has 2 rings (SSSR count). The van der Waals surface area contributed by atoms with Gasteiger partial charge in [0.2, 0.25) is 0 Å². The van der Waals surface area contributed by atoms with Gasteiger partial charge in [0.15, 0.2) is 5.78 Å². The number of thiophene rings is 1. The molecule has 0 aromatic carbocycles. The Balaban J connectivity index is 1.92. The summed E-state index contributed by atoms with van der Waals surface area (Å²) in [7, 11) is 0. The molecule has 0 spiro atoms. The third-order valence-electron chi connectivity index (χ3n) is 2.16. The lowest BCUT2D eigenvalue weighted by molar-refractivity contribution is 0.0986. The van der Waals surface area contributed by atoms with Gasteiger partial charge in [-0.2, -0.15) is 0 Å². The first-order valence-corrected chi connectivity index (χ1v) is 5.70. The van der Waals surface area contributed by atoms with Crippen molar-refractivity contribution in [3.63, 3.8) is 0 Å². The van der Waals surface area contributed by atoms with Gasteiger partial charge in [0.1, 0.15) is 0 Å². The molecule has 0 N–H and O–H groups in total. The molecule has 15 heavy (non-hydrogen) atoms. The van der Waals surface area contributed by atoms with E-state index in [4.69, 9.17) is 0 Å². The fourth-order valence-electron chi connectivity index (χ4n) is 1.36. The minimum Gasteiger partial charge on any atom is -0.293 e. The van der Waals surface area contributed by atoms with Crippen molar-refractivity contribution >= 4 is 17.1 Å². The van der Waals surface area contributed by atoms with E-state index in [1.807, 2.05) is 35.8 Å². The molecule has 0 fully saturated rings. The van der Waals surface area contributed by atoms with E-state index in [0.717, 1.165) is 16.9 Å². The van der Waals surface area contributed by atoms with Gasteiger partial charge in [-0.25, -0.2) is 0 Å². The molecule has 2 aromatic heterocycles. The molecule has 0 unspecified atom stereocenters. The molecule has 2 heterocycles. The minimum atomic E-state index is 0.217. The predicted molar refractivity (Wildman–Crippen MR) is 61.2 cm³/mol. The molecule has 76 valence electrons. The Hall–Kier alpha value is -1.48. The molecular weight excluding hydrogens is 206 g/mol. The maximum atomic E-state index is 11.7. The highest BCUT2D eigenvalue weighted by Crippen LogP contribution is 2.12. The van der Waals surface area contributed by atoms with Crippen LogP contribution in [-0.4, -0.2) is 10.8 Å². The van der Waals surface area contributed by atoms with Crippen molar-refractivity contribution in [2.75, 3.05) is 0 Å². The van der Waals surface area contributed by atoms with Crippen LogP contribution in [0.1, 0.15) is 21.7 Å². The number of ketones is 1. The van der Waals surface area contributed by atoms with Crippen molar-refractivity contribution in [2.24, 2.45) is 0 Å². The van der Waals surface area contributed by atoms with Crippen molar-refractivity contribution in [3.8, 4) is 0 Å². The largest absolute Gasteiger partial charge is 0.293 e. The highest BCUT2D eigenvalue weighted by Gasteiger charge is 2.06. The molecule has 0 saturated heterocycles. The normalized spacial score (nSPS) is 10.1. The summed E-state index contributed by atoms with van der Waals surface area (Å²) in [4.78, 5) is 16.5. The monoisotopic (exact) mass is 217 g/mol. The molecule has 0 saturated carbocycles. The average Bonchev–Trinajstić information content (AvgIpc) is 2.81. The van der Waals surface area contributed by atoms with E-state index in [0.29, 0.717) is 6.42 Å². The zero-order valence-electron chi connectivity index (χ0n) is 8.22. The van der Waals surface area contributed by atoms with E-state index in [9.17, 15) is 4.79 Å². The van der Waals surface area contributed by atoms with Crippen LogP contribution in [0, 0.1) is 0 Å². The van der Waals surface area contributed by atoms with Crippen LogP contribution in [0.5, 0.6) is 0 Å². The molecule has 2 aromatic rings. The predicted octanol–water partition coefficient (Wildman–Crippen LogP) is 2.96. The third kappa shape index (κ3) is 2.73. The van der Waals surface area contributed by atoms with Crippen molar-refractivity contribution in [3.05, 3.63) is 52.5 Å². The maximum absolute atomic E-state index is 11.7. The van der Waals surface area contributed by atoms with Crippen molar-refractivity contribution in [1.29, 1.82) is 0 Å². The van der Waals surface area contributed by atoms with Gasteiger partial charge >= 0.3 is 0 Å². The lowest BCUT2D eigenvalue weighted by atomic mass is 10.1. The number of aryl methyl sites for hydroxylation is 1. The first kappa shape index (κ1) is 10.1. The molecule has 2 nitrogen and oxygen atoms in total. The standard InChI is InChI=1S/C12H11NOS/c14-11(12-4-2-8-15-12)6-5-10-3-1-7-13-9-10/h1-4,7-9H,5-6H2. The molecule has 3 heteroatoms. The molecule has 0 aliphatic heterocycles. The van der Waals surface area contributed by atoms with E-state index in [1.54, 1.807) is 6.20 Å². The second-order valence-corrected chi connectivity index (χ2v) is 4.21. The molecule has 0 radical (unpaired) electrons. The molecule has 0 atom stereocenters. The fraction of sp³-hybridized carbons (Fsp3) is 0.167. The summed E-state index contributed by atoms with van der Waals surface area (Å²) in [5, 5.41) is 1.93. The van der Waals surface area contributed by atoms with Crippen LogP contribution in [0.4, 0.5) is 0 Å². The SMILES string of the molecule is O=C(CCc1cccnc1)c1cccs1. The van der Waals surface area contributed by atoms with Crippen LogP contribution in [0.15, 0.2) is 42.0 Å². The van der Waals surface area contributed by atoms with Crippen LogP contribution < -0.4 is 0 Å². The Morgan fingerprint density at radius 2 is 2.27 bits per heavy atom. The molecule has 0 bridgehead atoms. The van der Waals surface area contributed by atoms with E-state index >= 15 is 0 Å². The van der Waals surface area contributed by atoms with Gasteiger partial charge < -0.3 is 0 Å². The second kappa shape index (κ2) is 4.84. The first-order chi connectivity index (χ1) is 7.36. The Morgan fingerprint density at radius 1 is 1.33 bits per heavy atom. The Morgan fingerprint density at radius 3 is 2.93 bits per heavy atom. The quantitative estimate of drug-likeness (QED) is 0.737. The number of Topliss-reactive ketones (excluding diaryl/α,β-unsaturated/α-hetero) is 1. The third-order valence-corrected chi connectivity index (χ3v) is 3.07. The van der Waals surface area contributed by atoms with Gasteiger partial charge in [-0.3, -0.25) is 9.78 Å². The number of hydrogen-bond acceptors (Lipinski definition) is 3. The highest BCUT2D eigenvalue weighted by molar-refractivity contribution is 7.12. The summed E-state index contributed by atoms with van der Waals surface area (Å²) in [6, 6.07) is 7.66. The Bertz CT molecular complexity index is 422. The Kier molecular flexibility index (Phi) is 3.25. The molecule has 0 amide bonds. The molecule has 0 aliphatic carbocycles. The van der Waals surface area contributed by atoms with Crippen LogP contribution in [0.2, 0.25) is 0 Å². The van der Waals surface area contributed by atoms with E-state index in [1.165, 1.54) is 11.3 Å². The van der Waals surface area contributed by atoms with E-state index < -0.39 is 0 Å². The van der Waals surface area contributed by atoms with E-state index in [2.05, 4.69) is 4.98 Å². The summed E-state index contributed by atoms with van der Waals surface area (Å²) in [6.07, 6.45) is 4.88. The number of aromatic nitrogens is 1. The Labute approximate surface area is 92.6 Å². The number of nitrogens with zero attached hydrogens (tertiary/aromatic N) is 1. The van der Waals surface area contributed by atoms with Gasteiger partial charge in [0.05, 0.1) is 4.88 Å². The van der Waals surface area contributed by atoms with Gasteiger partial charge in [-0.05, 0) is 29.5 Å². The van der Waals surface area contributed by atoms with Crippen LogP contribution >= 0.6 is 11.3 Å². The average molecular weight is 217 g/mol.